The molecule has 26 heavy (non-hydrogen) atoms. The van der Waals surface area contributed by atoms with Crippen LogP contribution >= 0.6 is 0 Å². The van der Waals surface area contributed by atoms with E-state index in [0.29, 0.717) is 5.58 Å². The minimum absolute atomic E-state index is 0.0482. The van der Waals surface area contributed by atoms with E-state index in [1.54, 1.807) is 7.05 Å². The Kier molecular flexibility index (Phi) is 5.07. The molecule has 134 valence electrons. The van der Waals surface area contributed by atoms with Gasteiger partial charge >= 0.3 is 0 Å². The highest BCUT2D eigenvalue weighted by atomic mass is 16.3. The van der Waals surface area contributed by atoms with Gasteiger partial charge in [-0.25, -0.2) is 0 Å². The van der Waals surface area contributed by atoms with Gasteiger partial charge in [0.15, 0.2) is 5.76 Å². The quantitative estimate of drug-likeness (QED) is 0.756. The van der Waals surface area contributed by atoms with Crippen LogP contribution in [-0.2, 0) is 11.2 Å². The van der Waals surface area contributed by atoms with Gasteiger partial charge in [0.25, 0.3) is 5.91 Å². The van der Waals surface area contributed by atoms with Gasteiger partial charge in [-0.05, 0) is 31.0 Å². The summed E-state index contributed by atoms with van der Waals surface area (Å²) in [5, 5.41) is 3.78. The van der Waals surface area contributed by atoms with E-state index in [1.807, 2.05) is 62.4 Å². The van der Waals surface area contributed by atoms with E-state index >= 15 is 0 Å². The van der Waals surface area contributed by atoms with Crippen LogP contribution in [0.5, 0.6) is 0 Å². The van der Waals surface area contributed by atoms with E-state index in [0.717, 1.165) is 28.6 Å². The van der Waals surface area contributed by atoms with Crippen LogP contribution in [-0.4, -0.2) is 30.3 Å². The van der Waals surface area contributed by atoms with Crippen molar-refractivity contribution < 1.29 is 14.0 Å². The van der Waals surface area contributed by atoms with Crippen molar-refractivity contribution in [1.29, 1.82) is 0 Å². The molecule has 5 nitrogen and oxygen atoms in total. The fourth-order valence-electron chi connectivity index (χ4n) is 2.98. The molecule has 0 aliphatic rings. The van der Waals surface area contributed by atoms with Crippen molar-refractivity contribution in [3.05, 3.63) is 65.4 Å². The summed E-state index contributed by atoms with van der Waals surface area (Å²) in [4.78, 5) is 26.4. The predicted molar refractivity (Wildman–Crippen MR) is 102 cm³/mol. The van der Waals surface area contributed by atoms with Crippen molar-refractivity contribution in [2.75, 3.05) is 18.9 Å². The summed E-state index contributed by atoms with van der Waals surface area (Å²) in [6, 6.07) is 15.2. The first-order valence-corrected chi connectivity index (χ1v) is 8.62. The predicted octanol–water partition coefficient (Wildman–Crippen LogP) is 4.01. The number of carbonyl (C=O) groups excluding carboxylic acids is 2. The molecule has 2 amide bonds. The molecule has 0 aliphatic carbocycles. The SMILES string of the molecule is CCc1ccccc1NC(=O)CN(C)C(=O)c1oc2ccccc2c1C. The number of carbonyl (C=O) groups is 2. The summed E-state index contributed by atoms with van der Waals surface area (Å²) in [7, 11) is 1.60. The number of rotatable bonds is 5. The normalized spacial score (nSPS) is 10.7. The summed E-state index contributed by atoms with van der Waals surface area (Å²) >= 11 is 0. The standard InChI is InChI=1S/C21H22N2O3/c1-4-15-9-5-7-11-17(15)22-19(24)13-23(3)21(25)20-14(2)16-10-6-8-12-18(16)26-20/h5-12H,4,13H2,1-3H3,(H,22,24). The van der Waals surface area contributed by atoms with Crippen LogP contribution in [0.1, 0.15) is 28.6 Å². The Morgan fingerprint density at radius 3 is 2.50 bits per heavy atom. The third kappa shape index (κ3) is 3.47. The second-order valence-corrected chi connectivity index (χ2v) is 6.27. The summed E-state index contributed by atoms with van der Waals surface area (Å²) < 4.78 is 5.70. The molecule has 1 heterocycles. The highest BCUT2D eigenvalue weighted by Crippen LogP contribution is 2.25. The van der Waals surface area contributed by atoms with E-state index in [9.17, 15) is 9.59 Å². The molecular weight excluding hydrogens is 328 g/mol. The van der Waals surface area contributed by atoms with Crippen LogP contribution in [0.3, 0.4) is 0 Å². The number of furan rings is 1. The molecule has 0 saturated heterocycles. The molecule has 0 saturated carbocycles. The van der Waals surface area contributed by atoms with Crippen molar-refractivity contribution in [3.63, 3.8) is 0 Å². The van der Waals surface area contributed by atoms with Gasteiger partial charge in [0, 0.05) is 23.7 Å². The van der Waals surface area contributed by atoms with E-state index in [1.165, 1.54) is 4.90 Å². The lowest BCUT2D eigenvalue weighted by Crippen LogP contribution is -2.35. The van der Waals surface area contributed by atoms with Gasteiger partial charge in [-0.3, -0.25) is 9.59 Å². The molecule has 0 aliphatic heterocycles. The van der Waals surface area contributed by atoms with Crippen LogP contribution in [0.2, 0.25) is 0 Å². The second-order valence-electron chi connectivity index (χ2n) is 6.27. The molecule has 0 fully saturated rings. The minimum Gasteiger partial charge on any atom is -0.451 e. The minimum atomic E-state index is -0.308. The Labute approximate surface area is 152 Å². The highest BCUT2D eigenvalue weighted by molar-refractivity contribution is 6.01. The van der Waals surface area contributed by atoms with Gasteiger partial charge < -0.3 is 14.6 Å². The Hall–Kier alpha value is -3.08. The molecule has 0 bridgehead atoms. The zero-order chi connectivity index (χ0) is 18.7. The zero-order valence-electron chi connectivity index (χ0n) is 15.2. The Bertz CT molecular complexity index is 959. The largest absolute Gasteiger partial charge is 0.451 e. The lowest BCUT2D eigenvalue weighted by molar-refractivity contribution is -0.116. The summed E-state index contributed by atoms with van der Waals surface area (Å²) in [5.74, 6) is -0.274. The number of para-hydroxylation sites is 2. The molecule has 2 aromatic carbocycles. The number of nitrogens with zero attached hydrogens (tertiary/aromatic N) is 1. The molecule has 1 N–H and O–H groups in total. The second kappa shape index (κ2) is 7.44. The summed E-state index contributed by atoms with van der Waals surface area (Å²) in [6.07, 6.45) is 0.823. The molecule has 3 rings (SSSR count). The van der Waals surface area contributed by atoms with E-state index in [2.05, 4.69) is 5.32 Å². The van der Waals surface area contributed by atoms with Crippen LogP contribution in [0, 0.1) is 6.92 Å². The topological polar surface area (TPSA) is 62.6 Å². The summed E-state index contributed by atoms with van der Waals surface area (Å²) in [5.41, 5.74) is 3.29. The third-order valence-corrected chi connectivity index (χ3v) is 4.44. The van der Waals surface area contributed by atoms with Crippen molar-refractivity contribution in [3.8, 4) is 0 Å². The number of aryl methyl sites for hydroxylation is 2. The molecule has 3 aromatic rings. The lowest BCUT2D eigenvalue weighted by atomic mass is 10.1. The van der Waals surface area contributed by atoms with E-state index < -0.39 is 0 Å². The molecule has 0 radical (unpaired) electrons. The maximum Gasteiger partial charge on any atom is 0.290 e. The van der Waals surface area contributed by atoms with Crippen LogP contribution in [0.25, 0.3) is 11.0 Å². The average Bonchev–Trinajstić information content (AvgIpc) is 2.98. The maximum absolute atomic E-state index is 12.7. The zero-order valence-corrected chi connectivity index (χ0v) is 15.2. The molecular formula is C21H22N2O3. The fraction of sp³-hybridized carbons (Fsp3) is 0.238. The van der Waals surface area contributed by atoms with Gasteiger partial charge in [-0.1, -0.05) is 43.3 Å². The first kappa shape index (κ1) is 17.7. The van der Waals surface area contributed by atoms with Crippen LogP contribution < -0.4 is 5.32 Å². The molecule has 0 spiro atoms. The van der Waals surface area contributed by atoms with Gasteiger partial charge in [0.1, 0.15) is 5.58 Å². The monoisotopic (exact) mass is 350 g/mol. The van der Waals surface area contributed by atoms with Gasteiger partial charge in [0.05, 0.1) is 6.54 Å². The number of hydrogen-bond donors (Lipinski definition) is 1. The van der Waals surface area contributed by atoms with Crippen molar-refractivity contribution in [2.24, 2.45) is 0 Å². The Balaban J connectivity index is 1.72. The number of hydrogen-bond acceptors (Lipinski definition) is 3. The highest BCUT2D eigenvalue weighted by Gasteiger charge is 2.22. The van der Waals surface area contributed by atoms with Gasteiger partial charge in [-0.2, -0.15) is 0 Å². The molecule has 0 unspecified atom stereocenters. The number of nitrogens with one attached hydrogen (secondary N) is 1. The van der Waals surface area contributed by atoms with Crippen LogP contribution in [0.15, 0.2) is 52.9 Å². The number of amides is 2. The van der Waals surface area contributed by atoms with Crippen LogP contribution in [0.4, 0.5) is 5.69 Å². The Morgan fingerprint density at radius 1 is 1.08 bits per heavy atom. The third-order valence-electron chi connectivity index (χ3n) is 4.44. The van der Waals surface area contributed by atoms with E-state index in [4.69, 9.17) is 4.42 Å². The molecule has 5 heteroatoms. The van der Waals surface area contributed by atoms with Gasteiger partial charge in [0.2, 0.25) is 5.91 Å². The Morgan fingerprint density at radius 2 is 1.77 bits per heavy atom. The first-order valence-electron chi connectivity index (χ1n) is 8.62. The number of likely N-dealkylation sites (N-methyl/N-ethyl adjacent to an activating group) is 1. The smallest absolute Gasteiger partial charge is 0.290 e. The fourth-order valence-corrected chi connectivity index (χ4v) is 2.98. The van der Waals surface area contributed by atoms with E-state index in [-0.39, 0.29) is 24.1 Å². The number of anilines is 1. The maximum atomic E-state index is 12.7. The van der Waals surface area contributed by atoms with Crippen molar-refractivity contribution >= 4 is 28.5 Å². The summed E-state index contributed by atoms with van der Waals surface area (Å²) in [6.45, 7) is 3.84. The van der Waals surface area contributed by atoms with Crippen molar-refractivity contribution in [1.82, 2.24) is 4.90 Å². The van der Waals surface area contributed by atoms with Crippen molar-refractivity contribution in [2.45, 2.75) is 20.3 Å². The first-order chi connectivity index (χ1) is 12.5. The molecule has 1 aromatic heterocycles. The number of fused-ring (bicyclic) bond motifs is 1. The van der Waals surface area contributed by atoms with Gasteiger partial charge in [-0.15, -0.1) is 0 Å². The average molecular weight is 350 g/mol. The lowest BCUT2D eigenvalue weighted by Gasteiger charge is -2.17. The number of benzene rings is 2. The molecule has 0 atom stereocenters.